The van der Waals surface area contributed by atoms with E-state index in [0.717, 1.165) is 53.0 Å². The molecule has 6 heteroatoms. The number of hydrogen-bond acceptors (Lipinski definition) is 4. The van der Waals surface area contributed by atoms with E-state index in [2.05, 4.69) is 6.92 Å². The van der Waals surface area contributed by atoms with Crippen molar-refractivity contribution in [2.24, 2.45) is 5.41 Å². The highest BCUT2D eigenvalue weighted by molar-refractivity contribution is 5.96. The van der Waals surface area contributed by atoms with Gasteiger partial charge in [-0.25, -0.2) is 9.78 Å². The molecule has 4 aromatic rings. The summed E-state index contributed by atoms with van der Waals surface area (Å²) in [4.78, 5) is 29.9. The van der Waals surface area contributed by atoms with Crippen molar-refractivity contribution in [3.8, 4) is 11.1 Å². The van der Waals surface area contributed by atoms with Crippen molar-refractivity contribution in [3.63, 3.8) is 0 Å². The zero-order chi connectivity index (χ0) is 26.6. The minimum Gasteiger partial charge on any atom is -0.478 e. The van der Waals surface area contributed by atoms with Gasteiger partial charge < -0.3 is 14.2 Å². The van der Waals surface area contributed by atoms with Crippen molar-refractivity contribution in [2.75, 3.05) is 0 Å². The van der Waals surface area contributed by atoms with E-state index in [9.17, 15) is 14.7 Å². The molecule has 37 heavy (non-hydrogen) atoms. The van der Waals surface area contributed by atoms with Crippen molar-refractivity contribution in [1.82, 2.24) is 9.38 Å². The third-order valence-electron chi connectivity index (χ3n) is 6.68. The molecule has 0 saturated heterocycles. The van der Waals surface area contributed by atoms with Gasteiger partial charge in [-0.1, -0.05) is 61.9 Å². The largest absolute Gasteiger partial charge is 0.478 e. The van der Waals surface area contributed by atoms with Gasteiger partial charge in [-0.15, -0.1) is 0 Å². The predicted octanol–water partition coefficient (Wildman–Crippen LogP) is 6.66. The molecule has 0 atom stereocenters. The van der Waals surface area contributed by atoms with Gasteiger partial charge in [-0.05, 0) is 74.4 Å². The molecule has 1 N–H and O–H groups in total. The van der Waals surface area contributed by atoms with E-state index in [4.69, 9.17) is 9.72 Å². The Morgan fingerprint density at radius 3 is 2.51 bits per heavy atom. The van der Waals surface area contributed by atoms with Crippen LogP contribution in [0.4, 0.5) is 0 Å². The van der Waals surface area contributed by atoms with Gasteiger partial charge in [-0.2, -0.15) is 0 Å². The summed E-state index contributed by atoms with van der Waals surface area (Å²) in [6.07, 6.45) is 5.50. The number of benzene rings is 2. The molecule has 0 unspecified atom stereocenters. The van der Waals surface area contributed by atoms with Crippen molar-refractivity contribution < 1.29 is 19.4 Å². The van der Waals surface area contributed by atoms with Crippen LogP contribution in [-0.2, 0) is 29.0 Å². The monoisotopic (exact) mass is 498 g/mol. The molecule has 0 radical (unpaired) electrons. The Bertz CT molecular complexity index is 1420. The van der Waals surface area contributed by atoms with Crippen LogP contribution in [0.5, 0.6) is 0 Å². The molecular weight excluding hydrogens is 464 g/mol. The summed E-state index contributed by atoms with van der Waals surface area (Å²) >= 11 is 0. The fraction of sp³-hybridized carbons (Fsp3) is 0.323. The summed E-state index contributed by atoms with van der Waals surface area (Å²) in [5.74, 6) is -1.33. The van der Waals surface area contributed by atoms with Crippen molar-refractivity contribution >= 4 is 17.6 Å². The Morgan fingerprint density at radius 2 is 1.81 bits per heavy atom. The Labute approximate surface area is 217 Å². The average Bonchev–Trinajstić information content (AvgIpc) is 3.32. The lowest BCUT2D eigenvalue weighted by atomic mass is 9.84. The number of imidazole rings is 1. The number of rotatable bonds is 10. The quantitative estimate of drug-likeness (QED) is 0.247. The Hall–Kier alpha value is -3.93. The van der Waals surface area contributed by atoms with Crippen LogP contribution in [0.15, 0.2) is 66.9 Å². The Balaban J connectivity index is 1.50. The molecule has 2 heterocycles. The zero-order valence-electron chi connectivity index (χ0n) is 22.0. The van der Waals surface area contributed by atoms with Crippen LogP contribution in [0.3, 0.4) is 0 Å². The SMILES string of the molecule is CCCCc1cn2c(COC(=O)C(C)(C)Cc3ccc(-c4ccccc4)c(C(=O)O)c3)ccc(C)c2n1. The molecule has 192 valence electrons. The summed E-state index contributed by atoms with van der Waals surface area (Å²) in [6.45, 7) is 7.97. The maximum atomic E-state index is 13.1. The summed E-state index contributed by atoms with van der Waals surface area (Å²) in [7, 11) is 0. The van der Waals surface area contributed by atoms with E-state index in [1.165, 1.54) is 0 Å². The predicted molar refractivity (Wildman–Crippen MR) is 145 cm³/mol. The second kappa shape index (κ2) is 11.0. The maximum absolute atomic E-state index is 13.1. The molecule has 0 aliphatic heterocycles. The third-order valence-corrected chi connectivity index (χ3v) is 6.68. The normalized spacial score (nSPS) is 11.6. The molecule has 2 aromatic carbocycles. The van der Waals surface area contributed by atoms with Crippen LogP contribution in [0.25, 0.3) is 16.8 Å². The first-order valence-electron chi connectivity index (χ1n) is 12.7. The second-order valence-electron chi connectivity index (χ2n) is 10.2. The van der Waals surface area contributed by atoms with E-state index in [-0.39, 0.29) is 18.1 Å². The smallest absolute Gasteiger partial charge is 0.336 e. The Kier molecular flexibility index (Phi) is 7.77. The lowest BCUT2D eigenvalue weighted by Crippen LogP contribution is -2.29. The number of aromatic carboxylic acids is 1. The number of hydrogen-bond donors (Lipinski definition) is 1. The Morgan fingerprint density at radius 1 is 1.05 bits per heavy atom. The van der Waals surface area contributed by atoms with E-state index >= 15 is 0 Å². The molecule has 0 amide bonds. The number of esters is 1. The number of aromatic nitrogens is 2. The van der Waals surface area contributed by atoms with Crippen LogP contribution in [-0.4, -0.2) is 26.4 Å². The average molecular weight is 499 g/mol. The highest BCUT2D eigenvalue weighted by Crippen LogP contribution is 2.29. The van der Waals surface area contributed by atoms with Gasteiger partial charge in [-0.3, -0.25) is 4.79 Å². The summed E-state index contributed by atoms with van der Waals surface area (Å²) in [5, 5.41) is 9.83. The van der Waals surface area contributed by atoms with E-state index in [0.29, 0.717) is 12.0 Å². The molecule has 0 saturated carbocycles. The molecular formula is C31H34N2O4. The topological polar surface area (TPSA) is 80.9 Å². The van der Waals surface area contributed by atoms with Crippen molar-refractivity contribution in [1.29, 1.82) is 0 Å². The molecule has 0 aliphatic carbocycles. The summed E-state index contributed by atoms with van der Waals surface area (Å²) < 4.78 is 7.79. The maximum Gasteiger partial charge on any atom is 0.336 e. The fourth-order valence-corrected chi connectivity index (χ4v) is 4.56. The number of unbranched alkanes of at least 4 members (excludes halogenated alkanes) is 1. The number of aryl methyl sites for hydroxylation is 2. The van der Waals surface area contributed by atoms with E-state index in [1.807, 2.05) is 86.0 Å². The number of carboxylic acids is 1. The number of fused-ring (bicyclic) bond motifs is 1. The summed E-state index contributed by atoms with van der Waals surface area (Å²) in [6, 6.07) is 18.8. The number of ether oxygens (including phenoxy) is 1. The first-order valence-corrected chi connectivity index (χ1v) is 12.7. The van der Waals surface area contributed by atoms with Crippen LogP contribution in [0, 0.1) is 12.3 Å². The molecule has 0 aliphatic rings. The van der Waals surface area contributed by atoms with Gasteiger partial charge in [0.05, 0.1) is 22.4 Å². The third kappa shape index (κ3) is 5.91. The standard InChI is InChI=1S/C31H34N2O4/c1-5-6-12-24-19-33-25(15-13-21(2)28(33)32-24)20-37-30(36)31(3,4)18-22-14-16-26(27(17-22)29(34)35)23-10-8-7-9-11-23/h7-11,13-17,19H,5-6,12,18,20H2,1-4H3,(H,34,35). The lowest BCUT2D eigenvalue weighted by Gasteiger charge is -2.23. The van der Waals surface area contributed by atoms with Gasteiger partial charge in [0.2, 0.25) is 0 Å². The van der Waals surface area contributed by atoms with Gasteiger partial charge in [0.15, 0.2) is 0 Å². The molecule has 0 fully saturated rings. The van der Waals surface area contributed by atoms with Crippen molar-refractivity contribution in [2.45, 2.75) is 60.0 Å². The number of carboxylic acid groups (broad SMARTS) is 1. The number of pyridine rings is 1. The van der Waals surface area contributed by atoms with Gasteiger partial charge in [0.25, 0.3) is 0 Å². The van der Waals surface area contributed by atoms with Crippen LogP contribution in [0.2, 0.25) is 0 Å². The highest BCUT2D eigenvalue weighted by Gasteiger charge is 2.30. The molecule has 6 nitrogen and oxygen atoms in total. The number of nitrogens with zero attached hydrogens (tertiary/aromatic N) is 2. The molecule has 0 bridgehead atoms. The number of carbonyl (C=O) groups is 2. The van der Waals surface area contributed by atoms with Gasteiger partial charge >= 0.3 is 11.9 Å². The number of carbonyl (C=O) groups excluding carboxylic acids is 1. The molecule has 4 rings (SSSR count). The van der Waals surface area contributed by atoms with Gasteiger partial charge in [0, 0.05) is 6.20 Å². The van der Waals surface area contributed by atoms with Crippen LogP contribution < -0.4 is 0 Å². The molecule has 0 spiro atoms. The minimum atomic E-state index is -0.997. The highest BCUT2D eigenvalue weighted by atomic mass is 16.5. The van der Waals surface area contributed by atoms with Gasteiger partial charge in [0.1, 0.15) is 12.3 Å². The van der Waals surface area contributed by atoms with E-state index in [1.54, 1.807) is 6.07 Å². The van der Waals surface area contributed by atoms with Crippen molar-refractivity contribution in [3.05, 3.63) is 94.9 Å². The first-order chi connectivity index (χ1) is 17.7. The van der Waals surface area contributed by atoms with Crippen LogP contribution in [0.1, 0.15) is 66.5 Å². The zero-order valence-corrected chi connectivity index (χ0v) is 22.0. The molecule has 2 aromatic heterocycles. The minimum absolute atomic E-state index is 0.135. The lowest BCUT2D eigenvalue weighted by molar-refractivity contribution is -0.155. The fourth-order valence-electron chi connectivity index (χ4n) is 4.56. The summed E-state index contributed by atoms with van der Waals surface area (Å²) in [5.41, 5.74) is 5.50. The van der Waals surface area contributed by atoms with E-state index < -0.39 is 11.4 Å². The second-order valence-corrected chi connectivity index (χ2v) is 10.2. The first kappa shape index (κ1) is 26.1. The van der Waals surface area contributed by atoms with Crippen LogP contribution >= 0.6 is 0 Å².